The number of aromatic amines is 1. The Kier molecular flexibility index (Phi) is 10.6. The Morgan fingerprint density at radius 2 is 1.63 bits per heavy atom. The van der Waals surface area contributed by atoms with Crippen molar-refractivity contribution in [2.45, 2.75) is 56.7 Å². The van der Waals surface area contributed by atoms with E-state index in [1.807, 2.05) is 11.6 Å². The number of aromatic nitrogens is 2. The van der Waals surface area contributed by atoms with Crippen LogP contribution in [0, 0.1) is 11.6 Å². The number of carbonyl (C=O) groups excluding carboxylic acids is 2. The zero-order valence-electron chi connectivity index (χ0n) is 24.9. The van der Waals surface area contributed by atoms with Crippen LogP contribution in [-0.2, 0) is 39.0 Å². The van der Waals surface area contributed by atoms with Crippen LogP contribution < -0.4 is 4.72 Å². The second kappa shape index (κ2) is 14.4. The number of nitrogens with one attached hydrogen (secondary N) is 2. The van der Waals surface area contributed by atoms with E-state index in [1.165, 1.54) is 30.3 Å². The molecule has 2 atom stereocenters. The molecule has 4 N–H and O–H groups in total. The van der Waals surface area contributed by atoms with Crippen molar-refractivity contribution in [3.05, 3.63) is 107 Å². The third kappa shape index (κ3) is 7.82. The quantitative estimate of drug-likeness (QED) is 0.169. The summed E-state index contributed by atoms with van der Waals surface area (Å²) in [5, 5.41) is 27.3. The monoisotopic (exact) mass is 654 g/mol. The minimum absolute atomic E-state index is 0.100. The van der Waals surface area contributed by atoms with E-state index < -0.39 is 68.6 Å². The van der Waals surface area contributed by atoms with Gasteiger partial charge >= 0.3 is 5.97 Å². The number of aliphatic hydroxyl groups is 1. The van der Waals surface area contributed by atoms with Gasteiger partial charge in [0.15, 0.2) is 6.10 Å². The average molecular weight is 655 g/mol. The molecule has 2 amide bonds. The molecule has 46 heavy (non-hydrogen) atoms. The normalized spacial score (nSPS) is 12.7. The smallest absolute Gasteiger partial charge is 0.334 e. The number of amides is 2. The molecule has 0 aliphatic heterocycles. The first-order chi connectivity index (χ1) is 21.8. The maximum absolute atomic E-state index is 15.8. The van der Waals surface area contributed by atoms with Crippen LogP contribution >= 0.6 is 0 Å². The first-order valence-electron chi connectivity index (χ1n) is 14.2. The van der Waals surface area contributed by atoms with E-state index in [9.17, 15) is 33.0 Å². The molecular weight excluding hydrogens is 622 g/mol. The molecule has 0 radical (unpaired) electrons. The number of benzene rings is 3. The molecular formula is C32H32F2N4O7S. The highest BCUT2D eigenvalue weighted by Gasteiger charge is 2.37. The number of carboxylic acid groups (broad SMARTS) is 1. The van der Waals surface area contributed by atoms with Gasteiger partial charge < -0.3 is 15.1 Å². The number of hydrogen-bond donors (Lipinski definition) is 4. The van der Waals surface area contributed by atoms with Crippen LogP contribution in [-0.4, -0.2) is 63.7 Å². The second-order valence-corrected chi connectivity index (χ2v) is 12.2. The first-order valence-corrected chi connectivity index (χ1v) is 15.7. The molecule has 0 fully saturated rings. The molecule has 0 bridgehead atoms. The molecule has 1 heterocycles. The van der Waals surface area contributed by atoms with Crippen LogP contribution in [0.15, 0.2) is 77.7 Å². The Morgan fingerprint density at radius 3 is 2.24 bits per heavy atom. The van der Waals surface area contributed by atoms with Gasteiger partial charge in [-0.05, 0) is 48.2 Å². The fourth-order valence-corrected chi connectivity index (χ4v) is 6.25. The van der Waals surface area contributed by atoms with Gasteiger partial charge in [0.1, 0.15) is 17.3 Å². The highest BCUT2D eigenvalue weighted by molar-refractivity contribution is 7.90. The van der Waals surface area contributed by atoms with Crippen LogP contribution in [0.2, 0.25) is 0 Å². The van der Waals surface area contributed by atoms with Crippen molar-refractivity contribution in [2.24, 2.45) is 0 Å². The maximum atomic E-state index is 15.8. The van der Waals surface area contributed by atoms with Crippen molar-refractivity contribution in [1.82, 2.24) is 19.8 Å². The topological polar surface area (TPSA) is 170 Å². The summed E-state index contributed by atoms with van der Waals surface area (Å²) >= 11 is 0. The van der Waals surface area contributed by atoms with E-state index in [0.29, 0.717) is 17.7 Å². The Morgan fingerprint density at radius 1 is 1.00 bits per heavy atom. The van der Waals surface area contributed by atoms with Gasteiger partial charge in [-0.1, -0.05) is 61.9 Å². The van der Waals surface area contributed by atoms with E-state index >= 15 is 8.78 Å². The summed E-state index contributed by atoms with van der Waals surface area (Å²) in [7, 11) is -4.39. The van der Waals surface area contributed by atoms with Crippen molar-refractivity contribution in [1.29, 1.82) is 0 Å². The number of H-pyrrole nitrogens is 1. The number of sulfonamides is 1. The fourth-order valence-electron chi connectivity index (χ4n) is 5.03. The van der Waals surface area contributed by atoms with Crippen molar-refractivity contribution in [2.75, 3.05) is 0 Å². The molecule has 0 saturated heterocycles. The lowest BCUT2D eigenvalue weighted by Gasteiger charge is -2.33. The second-order valence-electron chi connectivity index (χ2n) is 10.6. The number of halogens is 2. The van der Waals surface area contributed by atoms with Crippen molar-refractivity contribution in [3.63, 3.8) is 0 Å². The Balaban J connectivity index is 1.81. The maximum Gasteiger partial charge on any atom is 0.334 e. The average Bonchev–Trinajstić information content (AvgIpc) is 3.48. The summed E-state index contributed by atoms with van der Waals surface area (Å²) < 4.78 is 59.0. The SMILES string of the molecule is CCCc1cc(C(=O)N(Cc2c(F)cc(-c3ccccc3S(=O)(=O)NC(C)=O)cc2F)[C@H](Cc2ccccc2)[C@@H](O)C(=O)O)n[nH]1. The van der Waals surface area contributed by atoms with E-state index in [4.69, 9.17) is 0 Å². The van der Waals surface area contributed by atoms with Gasteiger partial charge in [0, 0.05) is 23.7 Å². The molecule has 0 saturated carbocycles. The molecule has 1 aromatic heterocycles. The molecule has 0 unspecified atom stereocenters. The molecule has 3 aromatic carbocycles. The van der Waals surface area contributed by atoms with Crippen molar-refractivity contribution >= 4 is 27.8 Å². The number of rotatable bonds is 13. The van der Waals surface area contributed by atoms with E-state index in [-0.39, 0.29) is 23.2 Å². The zero-order chi connectivity index (χ0) is 33.6. The predicted octanol–water partition coefficient (Wildman–Crippen LogP) is 3.83. The summed E-state index contributed by atoms with van der Waals surface area (Å²) in [5.74, 6) is -5.73. The molecule has 4 rings (SSSR count). The first kappa shape index (κ1) is 33.9. The molecule has 0 aliphatic rings. The van der Waals surface area contributed by atoms with Gasteiger partial charge in [-0.25, -0.2) is 26.7 Å². The fraction of sp³-hybridized carbons (Fsp3) is 0.250. The summed E-state index contributed by atoms with van der Waals surface area (Å²) in [4.78, 5) is 37.8. The lowest BCUT2D eigenvalue weighted by molar-refractivity contribution is -0.150. The predicted molar refractivity (Wildman–Crippen MR) is 163 cm³/mol. The van der Waals surface area contributed by atoms with Gasteiger partial charge in [0.2, 0.25) is 5.91 Å². The number of carbonyl (C=O) groups is 3. The molecule has 4 aromatic rings. The summed E-state index contributed by atoms with van der Waals surface area (Å²) in [6.07, 6.45) is -1.04. The number of aliphatic carboxylic acids is 1. The molecule has 0 spiro atoms. The lowest BCUT2D eigenvalue weighted by Crippen LogP contribution is -2.51. The third-order valence-corrected chi connectivity index (χ3v) is 8.66. The van der Waals surface area contributed by atoms with Gasteiger partial charge in [-0.15, -0.1) is 0 Å². The standard InChI is InChI=1S/C32H32F2N4O7S/c1-3-9-22-17-27(36-35-22)31(41)38(28(30(40)32(42)43)14-20-10-5-4-6-11-20)18-24-25(33)15-21(16-26(24)34)23-12-7-8-13-29(23)46(44,45)37-19(2)39/h4-8,10-13,15-17,28,30,40H,3,9,14,18H2,1-2H3,(H,35,36)(H,37,39)(H,42,43)/t28-,30-/m1/s1. The third-order valence-electron chi connectivity index (χ3n) is 7.17. The van der Waals surface area contributed by atoms with Crippen LogP contribution in [0.1, 0.15) is 47.6 Å². The van der Waals surface area contributed by atoms with Gasteiger partial charge in [0.05, 0.1) is 17.5 Å². The Hall–Kier alpha value is -4.95. The highest BCUT2D eigenvalue weighted by atomic mass is 32.2. The Bertz CT molecular complexity index is 1820. The van der Waals surface area contributed by atoms with Crippen molar-refractivity contribution in [3.8, 4) is 11.1 Å². The van der Waals surface area contributed by atoms with E-state index in [2.05, 4.69) is 10.2 Å². The summed E-state index contributed by atoms with van der Waals surface area (Å²) in [5.41, 5.74) is 0.0973. The molecule has 0 aliphatic carbocycles. The van der Waals surface area contributed by atoms with E-state index in [0.717, 1.165) is 30.4 Å². The summed E-state index contributed by atoms with van der Waals surface area (Å²) in [6.45, 7) is 2.11. The number of carboxylic acids is 1. The van der Waals surface area contributed by atoms with Gasteiger partial charge in [0.25, 0.3) is 15.9 Å². The van der Waals surface area contributed by atoms with Crippen LogP contribution in [0.25, 0.3) is 11.1 Å². The lowest BCUT2D eigenvalue weighted by atomic mass is 9.97. The minimum Gasteiger partial charge on any atom is -0.479 e. The van der Waals surface area contributed by atoms with Crippen LogP contribution in [0.4, 0.5) is 8.78 Å². The van der Waals surface area contributed by atoms with E-state index in [1.54, 1.807) is 30.3 Å². The number of hydrogen-bond acceptors (Lipinski definition) is 7. The Labute approximate surface area is 263 Å². The van der Waals surface area contributed by atoms with Crippen LogP contribution in [0.3, 0.4) is 0 Å². The van der Waals surface area contributed by atoms with Crippen molar-refractivity contribution < 1.29 is 41.8 Å². The summed E-state index contributed by atoms with van der Waals surface area (Å²) in [6, 6.07) is 15.4. The number of aryl methyl sites for hydroxylation is 1. The highest BCUT2D eigenvalue weighted by Crippen LogP contribution is 2.31. The van der Waals surface area contributed by atoms with Crippen LogP contribution in [0.5, 0.6) is 0 Å². The minimum atomic E-state index is -4.39. The molecule has 11 nitrogen and oxygen atoms in total. The zero-order valence-corrected chi connectivity index (χ0v) is 25.7. The molecule has 14 heteroatoms. The number of nitrogens with zero attached hydrogens (tertiary/aromatic N) is 2. The largest absolute Gasteiger partial charge is 0.479 e. The number of aliphatic hydroxyl groups excluding tert-OH is 1. The van der Waals surface area contributed by atoms with Gasteiger partial charge in [-0.3, -0.25) is 14.7 Å². The van der Waals surface area contributed by atoms with Gasteiger partial charge in [-0.2, -0.15) is 5.10 Å². The molecule has 242 valence electrons.